The van der Waals surface area contributed by atoms with Gasteiger partial charge < -0.3 is 15.3 Å². The van der Waals surface area contributed by atoms with Crippen molar-refractivity contribution in [1.29, 1.82) is 0 Å². The summed E-state index contributed by atoms with van der Waals surface area (Å²) in [5.41, 5.74) is 3.15. The van der Waals surface area contributed by atoms with Gasteiger partial charge in [0.2, 0.25) is 5.91 Å². The number of anilines is 1. The molecule has 0 aliphatic carbocycles. The highest BCUT2D eigenvalue weighted by molar-refractivity contribution is 5.79. The van der Waals surface area contributed by atoms with E-state index in [1.807, 2.05) is 19.3 Å². The van der Waals surface area contributed by atoms with Gasteiger partial charge in [0.25, 0.3) is 0 Å². The summed E-state index contributed by atoms with van der Waals surface area (Å²) in [6.45, 7) is 3.77. The highest BCUT2D eigenvalue weighted by Gasteiger charge is 2.24. The number of aromatic hydroxyl groups is 1. The summed E-state index contributed by atoms with van der Waals surface area (Å²) < 4.78 is 0. The van der Waals surface area contributed by atoms with Crippen LogP contribution in [-0.2, 0) is 11.2 Å². The maximum absolute atomic E-state index is 12.1. The zero-order chi connectivity index (χ0) is 16.2. The number of phenols is 1. The van der Waals surface area contributed by atoms with Crippen LogP contribution in [0.2, 0.25) is 0 Å². The molecule has 1 atom stereocenters. The van der Waals surface area contributed by atoms with Crippen LogP contribution < -0.4 is 10.2 Å². The average Bonchev–Trinajstić information content (AvgIpc) is 2.98. The van der Waals surface area contributed by atoms with E-state index in [1.165, 1.54) is 0 Å². The summed E-state index contributed by atoms with van der Waals surface area (Å²) >= 11 is 0. The third kappa shape index (κ3) is 4.00. The largest absolute Gasteiger partial charge is 0.508 e. The Morgan fingerprint density at radius 2 is 2.13 bits per heavy atom. The first-order valence-electron chi connectivity index (χ1n) is 7.84. The molecule has 0 unspecified atom stereocenters. The lowest BCUT2D eigenvalue weighted by atomic mass is 10.1. The van der Waals surface area contributed by atoms with Gasteiger partial charge in [-0.25, -0.2) is 0 Å². The van der Waals surface area contributed by atoms with E-state index < -0.39 is 0 Å². The second-order valence-electron chi connectivity index (χ2n) is 6.06. The molecule has 1 fully saturated rings. The Morgan fingerprint density at radius 1 is 1.35 bits per heavy atom. The molecular formula is C18H21N3O2. The summed E-state index contributed by atoms with van der Waals surface area (Å²) in [7, 11) is 0. The second-order valence-corrected chi connectivity index (χ2v) is 6.06. The van der Waals surface area contributed by atoms with Gasteiger partial charge in [0.1, 0.15) is 5.75 Å². The normalized spacial score (nSPS) is 17.3. The minimum absolute atomic E-state index is 0.0184. The number of pyridine rings is 1. The molecule has 2 heterocycles. The van der Waals surface area contributed by atoms with E-state index >= 15 is 0 Å². The van der Waals surface area contributed by atoms with Crippen LogP contribution in [0.3, 0.4) is 0 Å². The van der Waals surface area contributed by atoms with Gasteiger partial charge in [-0.3, -0.25) is 9.78 Å². The van der Waals surface area contributed by atoms with Crippen LogP contribution in [0.4, 0.5) is 5.69 Å². The first-order valence-corrected chi connectivity index (χ1v) is 7.84. The molecule has 5 nitrogen and oxygen atoms in total. The van der Waals surface area contributed by atoms with E-state index in [1.54, 1.807) is 24.3 Å². The number of benzene rings is 1. The lowest BCUT2D eigenvalue weighted by molar-refractivity contribution is -0.121. The molecule has 23 heavy (non-hydrogen) atoms. The molecule has 1 saturated heterocycles. The second kappa shape index (κ2) is 6.69. The third-order valence-electron chi connectivity index (χ3n) is 4.08. The van der Waals surface area contributed by atoms with Crippen molar-refractivity contribution in [1.82, 2.24) is 10.3 Å². The molecule has 0 radical (unpaired) electrons. The Hall–Kier alpha value is -2.56. The Kier molecular flexibility index (Phi) is 4.46. The molecule has 1 aromatic carbocycles. The number of hydrogen-bond acceptors (Lipinski definition) is 4. The monoisotopic (exact) mass is 311 g/mol. The van der Waals surface area contributed by atoms with Crippen molar-refractivity contribution in [3.05, 3.63) is 53.9 Å². The topological polar surface area (TPSA) is 65.5 Å². The molecule has 1 aromatic heterocycles. The van der Waals surface area contributed by atoms with Gasteiger partial charge in [-0.15, -0.1) is 0 Å². The standard InChI is InChI=1S/C18H21N3O2/c1-13-8-16(11-19-10-13)21-7-6-15(12-21)20-18(23)9-14-2-4-17(22)5-3-14/h2-5,8,10-11,15,22H,6-7,9,12H2,1H3,(H,20,23)/t15-/m1/s1. The zero-order valence-electron chi connectivity index (χ0n) is 13.2. The molecule has 0 spiro atoms. The molecule has 1 aliphatic heterocycles. The molecule has 2 aromatic rings. The molecule has 120 valence electrons. The lowest BCUT2D eigenvalue weighted by Gasteiger charge is -2.19. The highest BCUT2D eigenvalue weighted by Crippen LogP contribution is 2.20. The van der Waals surface area contributed by atoms with Crippen LogP contribution in [0.25, 0.3) is 0 Å². The number of aromatic nitrogens is 1. The van der Waals surface area contributed by atoms with Crippen molar-refractivity contribution >= 4 is 11.6 Å². The number of aryl methyl sites for hydroxylation is 1. The van der Waals surface area contributed by atoms with Gasteiger partial charge in [-0.1, -0.05) is 12.1 Å². The van der Waals surface area contributed by atoms with Crippen molar-refractivity contribution in [3.8, 4) is 5.75 Å². The smallest absolute Gasteiger partial charge is 0.224 e. The van der Waals surface area contributed by atoms with Crippen molar-refractivity contribution in [2.75, 3.05) is 18.0 Å². The van der Waals surface area contributed by atoms with Gasteiger partial charge in [-0.05, 0) is 42.7 Å². The summed E-state index contributed by atoms with van der Waals surface area (Å²) in [5.74, 6) is 0.234. The summed E-state index contributed by atoms with van der Waals surface area (Å²) in [6.07, 6.45) is 4.99. The van der Waals surface area contributed by atoms with Gasteiger partial charge >= 0.3 is 0 Å². The molecule has 1 aliphatic rings. The molecule has 2 N–H and O–H groups in total. The van der Waals surface area contributed by atoms with E-state index in [4.69, 9.17) is 0 Å². The van der Waals surface area contributed by atoms with E-state index in [0.717, 1.165) is 36.3 Å². The minimum atomic E-state index is 0.0184. The Balaban J connectivity index is 1.53. The van der Waals surface area contributed by atoms with E-state index in [-0.39, 0.29) is 17.7 Å². The van der Waals surface area contributed by atoms with E-state index in [0.29, 0.717) is 6.42 Å². The number of nitrogens with one attached hydrogen (secondary N) is 1. The fourth-order valence-electron chi connectivity index (χ4n) is 2.90. The van der Waals surface area contributed by atoms with Crippen LogP contribution in [0.5, 0.6) is 5.75 Å². The molecular weight excluding hydrogens is 290 g/mol. The van der Waals surface area contributed by atoms with Crippen LogP contribution in [0.1, 0.15) is 17.5 Å². The maximum Gasteiger partial charge on any atom is 0.224 e. The first kappa shape index (κ1) is 15.3. The molecule has 0 bridgehead atoms. The van der Waals surface area contributed by atoms with E-state index in [9.17, 15) is 9.90 Å². The number of carbonyl (C=O) groups is 1. The number of hydrogen-bond donors (Lipinski definition) is 2. The zero-order valence-corrected chi connectivity index (χ0v) is 13.2. The van der Waals surface area contributed by atoms with Gasteiger partial charge in [0.05, 0.1) is 18.3 Å². The van der Waals surface area contributed by atoms with Crippen LogP contribution in [0.15, 0.2) is 42.7 Å². The Labute approximate surface area is 136 Å². The summed E-state index contributed by atoms with van der Waals surface area (Å²) in [6, 6.07) is 9.03. The first-order chi connectivity index (χ1) is 11.1. The van der Waals surface area contributed by atoms with Gasteiger partial charge in [0.15, 0.2) is 0 Å². The van der Waals surface area contributed by atoms with Crippen molar-refractivity contribution < 1.29 is 9.90 Å². The number of rotatable bonds is 4. The Bertz CT molecular complexity index is 685. The molecule has 3 rings (SSSR count). The predicted octanol–water partition coefficient (Wildman–Crippen LogP) is 2.03. The van der Waals surface area contributed by atoms with Crippen LogP contribution in [0, 0.1) is 6.92 Å². The number of carbonyl (C=O) groups excluding carboxylic acids is 1. The minimum Gasteiger partial charge on any atom is -0.508 e. The number of amides is 1. The predicted molar refractivity (Wildman–Crippen MR) is 89.5 cm³/mol. The van der Waals surface area contributed by atoms with E-state index in [2.05, 4.69) is 21.3 Å². The average molecular weight is 311 g/mol. The fraction of sp³-hybridized carbons (Fsp3) is 0.333. The third-order valence-corrected chi connectivity index (χ3v) is 4.08. The maximum atomic E-state index is 12.1. The van der Waals surface area contributed by atoms with Gasteiger partial charge in [-0.2, -0.15) is 0 Å². The quantitative estimate of drug-likeness (QED) is 0.907. The lowest BCUT2D eigenvalue weighted by Crippen LogP contribution is -2.38. The molecule has 0 saturated carbocycles. The van der Waals surface area contributed by atoms with Crippen LogP contribution >= 0.6 is 0 Å². The summed E-state index contributed by atoms with van der Waals surface area (Å²) in [5, 5.41) is 12.4. The molecule has 5 heteroatoms. The number of nitrogens with zero attached hydrogens (tertiary/aromatic N) is 2. The van der Waals surface area contributed by atoms with Crippen molar-refractivity contribution in [3.63, 3.8) is 0 Å². The van der Waals surface area contributed by atoms with Crippen molar-refractivity contribution in [2.24, 2.45) is 0 Å². The van der Waals surface area contributed by atoms with Crippen LogP contribution in [-0.4, -0.2) is 35.1 Å². The highest BCUT2D eigenvalue weighted by atomic mass is 16.3. The van der Waals surface area contributed by atoms with Crippen molar-refractivity contribution in [2.45, 2.75) is 25.8 Å². The molecule has 1 amide bonds. The number of phenolic OH excluding ortho intramolecular Hbond substituents is 1. The summed E-state index contributed by atoms with van der Waals surface area (Å²) in [4.78, 5) is 18.6. The SMILES string of the molecule is Cc1cncc(N2CC[C@@H](NC(=O)Cc3ccc(O)cc3)C2)c1. The fourth-order valence-corrected chi connectivity index (χ4v) is 2.90. The van der Waals surface area contributed by atoms with Gasteiger partial charge in [0, 0.05) is 25.3 Å². The Morgan fingerprint density at radius 3 is 2.87 bits per heavy atom.